The average Bonchev–Trinajstić information content (AvgIpc) is 3.16. The molecule has 0 spiro atoms. The minimum atomic E-state index is 0.600. The highest BCUT2D eigenvalue weighted by molar-refractivity contribution is 5.82. The number of oxazole rings is 1. The highest BCUT2D eigenvalue weighted by atomic mass is 16.5. The van der Waals surface area contributed by atoms with E-state index in [-0.39, 0.29) is 0 Å². The molecule has 4 aromatic rings. The average molecular weight is 369 g/mol. The number of ether oxygens (including phenoxy) is 1. The summed E-state index contributed by atoms with van der Waals surface area (Å²) in [5.41, 5.74) is 5.04. The van der Waals surface area contributed by atoms with E-state index in [1.54, 1.807) is 0 Å². The Hall–Kier alpha value is -3.33. The molecule has 140 valence electrons. The van der Waals surface area contributed by atoms with Crippen LogP contribution in [0.15, 0.2) is 77.2 Å². The molecule has 0 bridgehead atoms. The second-order valence-electron chi connectivity index (χ2n) is 6.71. The van der Waals surface area contributed by atoms with Gasteiger partial charge in [-0.05, 0) is 53.5 Å². The van der Waals surface area contributed by atoms with Gasteiger partial charge in [-0.1, -0.05) is 61.9 Å². The predicted octanol–water partition coefficient (Wildman–Crippen LogP) is 6.84. The molecule has 3 nitrogen and oxygen atoms in total. The Kier molecular flexibility index (Phi) is 5.53. The largest absolute Gasteiger partial charge is 0.494 e. The highest BCUT2D eigenvalue weighted by Crippen LogP contribution is 2.25. The standard InChI is InChI=1S/C25H23NO2/c1-2-3-17-27-22-13-9-19(10-14-22)11-16-25-26-23-18-21(12-15-24(23)28-25)20-7-5-4-6-8-20/h4-16,18H,2-3,17H2,1H3/b16-11+. The van der Waals surface area contributed by atoms with Gasteiger partial charge < -0.3 is 9.15 Å². The van der Waals surface area contributed by atoms with Gasteiger partial charge in [0.15, 0.2) is 5.58 Å². The van der Waals surface area contributed by atoms with Crippen LogP contribution in [0.25, 0.3) is 34.4 Å². The van der Waals surface area contributed by atoms with Crippen molar-refractivity contribution in [2.45, 2.75) is 19.8 Å². The lowest BCUT2D eigenvalue weighted by Gasteiger charge is -2.04. The van der Waals surface area contributed by atoms with Gasteiger partial charge in [0, 0.05) is 6.08 Å². The molecule has 28 heavy (non-hydrogen) atoms. The second-order valence-corrected chi connectivity index (χ2v) is 6.71. The van der Waals surface area contributed by atoms with Gasteiger partial charge in [-0.15, -0.1) is 0 Å². The van der Waals surface area contributed by atoms with E-state index in [2.05, 4.69) is 36.2 Å². The summed E-state index contributed by atoms with van der Waals surface area (Å²) in [6, 6.07) is 24.4. The Morgan fingerprint density at radius 1 is 0.893 bits per heavy atom. The summed E-state index contributed by atoms with van der Waals surface area (Å²) in [6.07, 6.45) is 6.11. The fraction of sp³-hybridized carbons (Fsp3) is 0.160. The summed E-state index contributed by atoms with van der Waals surface area (Å²) >= 11 is 0. The van der Waals surface area contributed by atoms with Gasteiger partial charge in [-0.3, -0.25) is 0 Å². The van der Waals surface area contributed by atoms with Crippen molar-refractivity contribution >= 4 is 23.3 Å². The monoisotopic (exact) mass is 369 g/mol. The Balaban J connectivity index is 1.48. The third kappa shape index (κ3) is 4.32. The quantitative estimate of drug-likeness (QED) is 0.334. The molecule has 0 unspecified atom stereocenters. The topological polar surface area (TPSA) is 35.3 Å². The molecule has 1 aromatic heterocycles. The highest BCUT2D eigenvalue weighted by Gasteiger charge is 2.05. The van der Waals surface area contributed by atoms with Crippen LogP contribution in [0.1, 0.15) is 31.2 Å². The number of benzene rings is 3. The lowest BCUT2D eigenvalue weighted by molar-refractivity contribution is 0.309. The van der Waals surface area contributed by atoms with Gasteiger partial charge >= 0.3 is 0 Å². The van der Waals surface area contributed by atoms with E-state index in [4.69, 9.17) is 9.15 Å². The molecule has 0 radical (unpaired) electrons. The molecule has 0 N–H and O–H groups in total. The zero-order valence-corrected chi connectivity index (χ0v) is 16.0. The van der Waals surface area contributed by atoms with Crippen LogP contribution in [-0.2, 0) is 0 Å². The minimum Gasteiger partial charge on any atom is -0.494 e. The van der Waals surface area contributed by atoms with E-state index < -0.39 is 0 Å². The molecular weight excluding hydrogens is 346 g/mol. The molecule has 0 saturated heterocycles. The van der Waals surface area contributed by atoms with Crippen LogP contribution in [-0.4, -0.2) is 11.6 Å². The van der Waals surface area contributed by atoms with Crippen LogP contribution >= 0.6 is 0 Å². The van der Waals surface area contributed by atoms with Crippen molar-refractivity contribution < 1.29 is 9.15 Å². The third-order valence-electron chi connectivity index (χ3n) is 4.58. The van der Waals surface area contributed by atoms with Crippen molar-refractivity contribution in [2.75, 3.05) is 6.61 Å². The smallest absolute Gasteiger partial charge is 0.220 e. The summed E-state index contributed by atoms with van der Waals surface area (Å²) < 4.78 is 11.5. The Bertz CT molecular complexity index is 1060. The van der Waals surface area contributed by atoms with Gasteiger partial charge in [0.25, 0.3) is 0 Å². The van der Waals surface area contributed by atoms with E-state index in [9.17, 15) is 0 Å². The molecule has 0 fully saturated rings. The van der Waals surface area contributed by atoms with Crippen LogP contribution in [0.4, 0.5) is 0 Å². The number of unbranched alkanes of at least 4 members (excludes halogenated alkanes) is 1. The minimum absolute atomic E-state index is 0.600. The molecule has 0 atom stereocenters. The Labute approximate surface area is 165 Å². The summed E-state index contributed by atoms with van der Waals surface area (Å²) in [4.78, 5) is 4.60. The fourth-order valence-electron chi connectivity index (χ4n) is 3.00. The van der Waals surface area contributed by atoms with Crippen LogP contribution in [0, 0.1) is 0 Å². The molecule has 0 aliphatic rings. The summed E-state index contributed by atoms with van der Waals surface area (Å²) in [7, 11) is 0. The molecule has 3 aromatic carbocycles. The van der Waals surface area contributed by atoms with Gasteiger partial charge in [0.2, 0.25) is 5.89 Å². The second kappa shape index (κ2) is 8.57. The molecular formula is C25H23NO2. The third-order valence-corrected chi connectivity index (χ3v) is 4.58. The molecule has 0 amide bonds. The number of aromatic nitrogens is 1. The predicted molar refractivity (Wildman–Crippen MR) is 115 cm³/mol. The van der Waals surface area contributed by atoms with Crippen molar-refractivity contribution in [1.82, 2.24) is 4.98 Å². The number of nitrogens with zero attached hydrogens (tertiary/aromatic N) is 1. The first-order valence-corrected chi connectivity index (χ1v) is 9.69. The lowest BCUT2D eigenvalue weighted by atomic mass is 10.1. The lowest BCUT2D eigenvalue weighted by Crippen LogP contribution is -1.95. The van der Waals surface area contributed by atoms with E-state index in [1.165, 1.54) is 5.56 Å². The first-order valence-electron chi connectivity index (χ1n) is 9.69. The van der Waals surface area contributed by atoms with Crippen molar-refractivity contribution in [3.8, 4) is 16.9 Å². The fourth-order valence-corrected chi connectivity index (χ4v) is 3.00. The molecule has 4 rings (SSSR count). The zero-order chi connectivity index (χ0) is 19.2. The first-order chi connectivity index (χ1) is 13.8. The summed E-state index contributed by atoms with van der Waals surface area (Å²) in [5.74, 6) is 1.50. The van der Waals surface area contributed by atoms with Crippen LogP contribution in [0.3, 0.4) is 0 Å². The van der Waals surface area contributed by atoms with Crippen LogP contribution in [0.5, 0.6) is 5.75 Å². The van der Waals surface area contributed by atoms with E-state index in [1.807, 2.05) is 60.7 Å². The molecule has 1 heterocycles. The van der Waals surface area contributed by atoms with E-state index in [0.29, 0.717) is 5.89 Å². The summed E-state index contributed by atoms with van der Waals surface area (Å²) in [5, 5.41) is 0. The van der Waals surface area contributed by atoms with Gasteiger partial charge in [0.1, 0.15) is 11.3 Å². The van der Waals surface area contributed by atoms with Gasteiger partial charge in [-0.25, -0.2) is 4.98 Å². The molecule has 3 heteroatoms. The Morgan fingerprint density at radius 2 is 1.71 bits per heavy atom. The summed E-state index contributed by atoms with van der Waals surface area (Å²) in [6.45, 7) is 2.92. The molecule has 0 aliphatic heterocycles. The van der Waals surface area contributed by atoms with Crippen molar-refractivity contribution in [3.05, 3.63) is 84.3 Å². The van der Waals surface area contributed by atoms with Gasteiger partial charge in [0.05, 0.1) is 6.61 Å². The maximum absolute atomic E-state index is 5.85. The van der Waals surface area contributed by atoms with Crippen molar-refractivity contribution in [2.24, 2.45) is 0 Å². The van der Waals surface area contributed by atoms with Gasteiger partial charge in [-0.2, -0.15) is 0 Å². The SMILES string of the molecule is CCCCOc1ccc(/C=C/c2nc3cc(-c4ccccc4)ccc3o2)cc1. The van der Waals surface area contributed by atoms with E-state index >= 15 is 0 Å². The molecule has 0 aliphatic carbocycles. The van der Waals surface area contributed by atoms with Crippen molar-refractivity contribution in [1.29, 1.82) is 0 Å². The number of fused-ring (bicyclic) bond motifs is 1. The normalized spacial score (nSPS) is 11.3. The maximum atomic E-state index is 5.85. The van der Waals surface area contributed by atoms with Crippen LogP contribution in [0.2, 0.25) is 0 Å². The van der Waals surface area contributed by atoms with Crippen LogP contribution < -0.4 is 4.74 Å². The maximum Gasteiger partial charge on any atom is 0.220 e. The van der Waals surface area contributed by atoms with E-state index in [0.717, 1.165) is 47.4 Å². The van der Waals surface area contributed by atoms with Crippen molar-refractivity contribution in [3.63, 3.8) is 0 Å². The number of hydrogen-bond donors (Lipinski definition) is 0. The Morgan fingerprint density at radius 3 is 2.50 bits per heavy atom. The first kappa shape index (κ1) is 18.1. The number of rotatable bonds is 7. The molecule has 0 saturated carbocycles. The number of hydrogen-bond acceptors (Lipinski definition) is 3. The zero-order valence-electron chi connectivity index (χ0n) is 16.0.